The summed E-state index contributed by atoms with van der Waals surface area (Å²) in [6.07, 6.45) is 12.7. The molecule has 0 aliphatic heterocycles. The van der Waals surface area contributed by atoms with Gasteiger partial charge in [0.1, 0.15) is 18.3 Å². The predicted octanol–water partition coefficient (Wildman–Crippen LogP) is 3.54. The molecule has 0 radical (unpaired) electrons. The lowest BCUT2D eigenvalue weighted by Crippen LogP contribution is -2.26. The van der Waals surface area contributed by atoms with Gasteiger partial charge in [-0.2, -0.15) is 0 Å². The standard InChI is InChI=1S/C19H36O5/c1-2-3-4-5-6-7-8-9-10-11-12-13-17(22)14-19(23)24-18(15-20)16-21/h18,20-21H,2-16H2,1H3. The number of hydrogen-bond acceptors (Lipinski definition) is 5. The van der Waals surface area contributed by atoms with Crippen molar-refractivity contribution < 1.29 is 24.5 Å². The number of ether oxygens (including phenoxy) is 1. The summed E-state index contributed by atoms with van der Waals surface area (Å²) in [5, 5.41) is 17.6. The molecule has 0 atom stereocenters. The van der Waals surface area contributed by atoms with E-state index >= 15 is 0 Å². The number of Topliss-reactive ketones (excluding diaryl/α,β-unsaturated/α-hetero) is 1. The Hall–Kier alpha value is -0.940. The molecule has 0 rings (SSSR count). The Bertz CT molecular complexity index is 313. The summed E-state index contributed by atoms with van der Waals surface area (Å²) in [4.78, 5) is 23.1. The van der Waals surface area contributed by atoms with Crippen LogP contribution in [0.3, 0.4) is 0 Å². The van der Waals surface area contributed by atoms with Gasteiger partial charge < -0.3 is 14.9 Å². The number of esters is 1. The maximum absolute atomic E-state index is 11.6. The van der Waals surface area contributed by atoms with Gasteiger partial charge in [0.2, 0.25) is 0 Å². The molecule has 5 heteroatoms. The zero-order valence-electron chi connectivity index (χ0n) is 15.3. The van der Waals surface area contributed by atoms with Crippen LogP contribution in [0.15, 0.2) is 0 Å². The van der Waals surface area contributed by atoms with Crippen LogP contribution < -0.4 is 0 Å². The van der Waals surface area contributed by atoms with Gasteiger partial charge in [0.25, 0.3) is 0 Å². The third kappa shape index (κ3) is 14.6. The van der Waals surface area contributed by atoms with Gasteiger partial charge in [-0.3, -0.25) is 9.59 Å². The maximum Gasteiger partial charge on any atom is 0.313 e. The van der Waals surface area contributed by atoms with Crippen LogP contribution in [0.4, 0.5) is 0 Å². The Morgan fingerprint density at radius 1 is 0.792 bits per heavy atom. The Morgan fingerprint density at radius 2 is 1.25 bits per heavy atom. The van der Waals surface area contributed by atoms with Crippen molar-refractivity contribution in [3.05, 3.63) is 0 Å². The molecule has 0 heterocycles. The summed E-state index contributed by atoms with van der Waals surface area (Å²) in [6.45, 7) is 1.36. The molecule has 5 nitrogen and oxygen atoms in total. The highest BCUT2D eigenvalue weighted by Gasteiger charge is 2.15. The summed E-state index contributed by atoms with van der Waals surface area (Å²) < 4.78 is 4.77. The number of ketones is 1. The molecule has 0 aromatic carbocycles. The average Bonchev–Trinajstić information content (AvgIpc) is 2.57. The van der Waals surface area contributed by atoms with Crippen LogP contribution in [0.25, 0.3) is 0 Å². The van der Waals surface area contributed by atoms with Gasteiger partial charge in [-0.25, -0.2) is 0 Å². The van der Waals surface area contributed by atoms with Gasteiger partial charge in [-0.05, 0) is 6.42 Å². The molecule has 0 saturated carbocycles. The molecule has 0 bridgehead atoms. The molecule has 142 valence electrons. The molecule has 24 heavy (non-hydrogen) atoms. The van der Waals surface area contributed by atoms with Gasteiger partial charge >= 0.3 is 5.97 Å². The molecule has 0 aromatic heterocycles. The minimum Gasteiger partial charge on any atom is -0.457 e. The molecule has 0 saturated heterocycles. The van der Waals surface area contributed by atoms with Crippen LogP contribution in [0.2, 0.25) is 0 Å². The fourth-order valence-corrected chi connectivity index (χ4v) is 2.60. The largest absolute Gasteiger partial charge is 0.457 e. The molecule has 0 aromatic rings. The number of hydrogen-bond donors (Lipinski definition) is 2. The molecular formula is C19H36O5. The fraction of sp³-hybridized carbons (Fsp3) is 0.895. The predicted molar refractivity (Wildman–Crippen MR) is 94.8 cm³/mol. The van der Waals surface area contributed by atoms with Crippen molar-refractivity contribution in [3.63, 3.8) is 0 Å². The smallest absolute Gasteiger partial charge is 0.313 e. The van der Waals surface area contributed by atoms with Crippen molar-refractivity contribution in [2.24, 2.45) is 0 Å². The van der Waals surface area contributed by atoms with E-state index in [-0.39, 0.29) is 12.2 Å². The Morgan fingerprint density at radius 3 is 1.71 bits per heavy atom. The van der Waals surface area contributed by atoms with Crippen molar-refractivity contribution in [1.82, 2.24) is 0 Å². The van der Waals surface area contributed by atoms with Crippen LogP contribution in [-0.4, -0.2) is 41.3 Å². The van der Waals surface area contributed by atoms with Crippen LogP contribution >= 0.6 is 0 Å². The Kier molecular flexibility index (Phi) is 16.2. The van der Waals surface area contributed by atoms with E-state index in [0.717, 1.165) is 19.3 Å². The first-order valence-corrected chi connectivity index (χ1v) is 9.56. The molecule has 0 amide bonds. The minimum absolute atomic E-state index is 0.134. The fourth-order valence-electron chi connectivity index (χ4n) is 2.60. The zero-order valence-corrected chi connectivity index (χ0v) is 15.3. The van der Waals surface area contributed by atoms with Crippen molar-refractivity contribution in [3.8, 4) is 0 Å². The summed E-state index contributed by atoms with van der Waals surface area (Å²) in [6, 6.07) is 0. The van der Waals surface area contributed by atoms with Crippen molar-refractivity contribution in [1.29, 1.82) is 0 Å². The van der Waals surface area contributed by atoms with Crippen LogP contribution in [0.1, 0.15) is 90.4 Å². The normalized spacial score (nSPS) is 11.0. The Balaban J connectivity index is 3.41. The van der Waals surface area contributed by atoms with Crippen LogP contribution in [0, 0.1) is 0 Å². The monoisotopic (exact) mass is 344 g/mol. The lowest BCUT2D eigenvalue weighted by Gasteiger charge is -2.12. The number of carbonyl (C=O) groups is 2. The van der Waals surface area contributed by atoms with Gasteiger partial charge in [0, 0.05) is 6.42 Å². The van der Waals surface area contributed by atoms with Gasteiger partial charge in [-0.15, -0.1) is 0 Å². The number of unbranched alkanes of at least 4 members (excludes halogenated alkanes) is 10. The second-order valence-corrected chi connectivity index (χ2v) is 6.48. The van der Waals surface area contributed by atoms with Crippen molar-refractivity contribution in [2.75, 3.05) is 13.2 Å². The molecule has 0 aliphatic carbocycles. The average molecular weight is 344 g/mol. The number of rotatable bonds is 17. The maximum atomic E-state index is 11.6. The quantitative estimate of drug-likeness (QED) is 0.239. The minimum atomic E-state index is -0.924. The summed E-state index contributed by atoms with van der Waals surface area (Å²) in [5.74, 6) is -0.804. The number of aliphatic hydroxyl groups excluding tert-OH is 2. The van der Waals surface area contributed by atoms with E-state index < -0.39 is 25.3 Å². The SMILES string of the molecule is CCCCCCCCCCCCCC(=O)CC(=O)OC(CO)CO. The van der Waals surface area contributed by atoms with E-state index in [1.807, 2.05) is 0 Å². The summed E-state index contributed by atoms with van der Waals surface area (Å²) in [5.41, 5.74) is 0. The highest BCUT2D eigenvalue weighted by Crippen LogP contribution is 2.12. The Labute approximate surface area is 146 Å². The number of aliphatic hydroxyl groups is 2. The van der Waals surface area contributed by atoms with Gasteiger partial charge in [0.15, 0.2) is 0 Å². The van der Waals surface area contributed by atoms with E-state index in [4.69, 9.17) is 14.9 Å². The third-order valence-corrected chi connectivity index (χ3v) is 4.11. The first-order chi connectivity index (χ1) is 11.6. The summed E-state index contributed by atoms with van der Waals surface area (Å²) in [7, 11) is 0. The molecular weight excluding hydrogens is 308 g/mol. The first kappa shape index (κ1) is 23.1. The lowest BCUT2D eigenvalue weighted by atomic mass is 10.0. The van der Waals surface area contributed by atoms with E-state index in [1.54, 1.807) is 0 Å². The van der Waals surface area contributed by atoms with Crippen LogP contribution in [-0.2, 0) is 14.3 Å². The molecule has 0 spiro atoms. The lowest BCUT2D eigenvalue weighted by molar-refractivity contribution is -0.155. The van der Waals surface area contributed by atoms with E-state index in [9.17, 15) is 9.59 Å². The topological polar surface area (TPSA) is 83.8 Å². The zero-order chi connectivity index (χ0) is 18.0. The molecule has 0 fully saturated rings. The van der Waals surface area contributed by atoms with E-state index in [2.05, 4.69) is 6.92 Å². The molecule has 0 unspecified atom stereocenters. The highest BCUT2D eigenvalue weighted by atomic mass is 16.6. The molecule has 2 N–H and O–H groups in total. The van der Waals surface area contributed by atoms with E-state index in [1.165, 1.54) is 51.4 Å². The summed E-state index contributed by atoms with van der Waals surface area (Å²) >= 11 is 0. The highest BCUT2D eigenvalue weighted by molar-refractivity contribution is 5.95. The third-order valence-electron chi connectivity index (χ3n) is 4.11. The van der Waals surface area contributed by atoms with Crippen molar-refractivity contribution >= 4 is 11.8 Å². The number of carbonyl (C=O) groups excluding carboxylic acids is 2. The second-order valence-electron chi connectivity index (χ2n) is 6.48. The van der Waals surface area contributed by atoms with Gasteiger partial charge in [0.05, 0.1) is 13.2 Å². The van der Waals surface area contributed by atoms with Gasteiger partial charge in [-0.1, -0.05) is 71.1 Å². The van der Waals surface area contributed by atoms with E-state index in [0.29, 0.717) is 6.42 Å². The first-order valence-electron chi connectivity index (χ1n) is 9.56. The van der Waals surface area contributed by atoms with Crippen LogP contribution in [0.5, 0.6) is 0 Å². The van der Waals surface area contributed by atoms with Crippen molar-refractivity contribution in [2.45, 2.75) is 96.5 Å². The second kappa shape index (κ2) is 16.9. The molecule has 0 aliphatic rings.